The van der Waals surface area contributed by atoms with Crippen LogP contribution in [-0.4, -0.2) is 35.0 Å². The van der Waals surface area contributed by atoms with Crippen LogP contribution < -0.4 is 0 Å². The molecule has 0 bridgehead atoms. The third kappa shape index (κ3) is 2.82. The molecular weight excluding hydrogens is 309 g/mol. The van der Waals surface area contributed by atoms with Gasteiger partial charge in [0.05, 0.1) is 5.92 Å². The topological polar surface area (TPSA) is 57.6 Å². The quantitative estimate of drug-likeness (QED) is 0.929. The number of likely N-dealkylation sites (tertiary alicyclic amines) is 1. The highest BCUT2D eigenvalue weighted by molar-refractivity contribution is 6.31. The van der Waals surface area contributed by atoms with Gasteiger partial charge in [0, 0.05) is 35.5 Å². The first kappa shape index (κ1) is 15.3. The lowest BCUT2D eigenvalue weighted by Crippen LogP contribution is -2.43. The SMILES string of the molecule is O=C(O)[C@H]1CCCN(C(=O)[C@@H]2C[C@@H]2c2c(F)cccc2Cl)C1. The normalized spacial score (nSPS) is 27.5. The molecule has 22 heavy (non-hydrogen) atoms. The van der Waals surface area contributed by atoms with E-state index in [2.05, 4.69) is 0 Å². The molecule has 0 spiro atoms. The minimum atomic E-state index is -0.859. The van der Waals surface area contributed by atoms with E-state index in [0.29, 0.717) is 36.4 Å². The van der Waals surface area contributed by atoms with Crippen LogP contribution in [0.2, 0.25) is 5.02 Å². The molecule has 1 saturated carbocycles. The molecule has 2 fully saturated rings. The summed E-state index contributed by atoms with van der Waals surface area (Å²) in [4.78, 5) is 25.2. The number of carbonyl (C=O) groups excluding carboxylic acids is 1. The van der Waals surface area contributed by atoms with E-state index in [9.17, 15) is 14.0 Å². The van der Waals surface area contributed by atoms with Crippen LogP contribution in [0.5, 0.6) is 0 Å². The van der Waals surface area contributed by atoms with Gasteiger partial charge in [-0.2, -0.15) is 0 Å². The van der Waals surface area contributed by atoms with Gasteiger partial charge in [-0.05, 0) is 31.4 Å². The van der Waals surface area contributed by atoms with Gasteiger partial charge >= 0.3 is 5.97 Å². The molecule has 0 aromatic heterocycles. The molecule has 4 nitrogen and oxygen atoms in total. The van der Waals surface area contributed by atoms with Crippen LogP contribution >= 0.6 is 11.6 Å². The number of aliphatic carboxylic acids is 1. The molecule has 0 unspecified atom stereocenters. The van der Waals surface area contributed by atoms with E-state index in [4.69, 9.17) is 16.7 Å². The molecular formula is C16H17ClFNO3. The van der Waals surface area contributed by atoms with Gasteiger partial charge in [-0.15, -0.1) is 0 Å². The number of piperidine rings is 1. The zero-order valence-corrected chi connectivity index (χ0v) is 12.7. The highest BCUT2D eigenvalue weighted by Gasteiger charge is 2.48. The van der Waals surface area contributed by atoms with E-state index in [-0.39, 0.29) is 30.1 Å². The van der Waals surface area contributed by atoms with Gasteiger partial charge in [0.25, 0.3) is 0 Å². The minimum absolute atomic E-state index is 0.0738. The summed E-state index contributed by atoms with van der Waals surface area (Å²) in [5.74, 6) is -2.27. The lowest BCUT2D eigenvalue weighted by atomic mass is 9.97. The van der Waals surface area contributed by atoms with Crippen molar-refractivity contribution >= 4 is 23.5 Å². The monoisotopic (exact) mass is 325 g/mol. The number of nitrogens with zero attached hydrogens (tertiary/aromatic N) is 1. The highest BCUT2D eigenvalue weighted by atomic mass is 35.5. The summed E-state index contributed by atoms with van der Waals surface area (Å²) in [5.41, 5.74) is 0.411. The van der Waals surface area contributed by atoms with Crippen molar-refractivity contribution in [2.45, 2.75) is 25.2 Å². The Balaban J connectivity index is 1.69. The van der Waals surface area contributed by atoms with Crippen LogP contribution in [0.4, 0.5) is 4.39 Å². The summed E-state index contributed by atoms with van der Waals surface area (Å²) in [6.45, 7) is 0.833. The van der Waals surface area contributed by atoms with Crippen molar-refractivity contribution in [1.82, 2.24) is 4.90 Å². The van der Waals surface area contributed by atoms with E-state index in [0.717, 1.165) is 0 Å². The van der Waals surface area contributed by atoms with E-state index < -0.39 is 11.9 Å². The Morgan fingerprint density at radius 1 is 1.36 bits per heavy atom. The van der Waals surface area contributed by atoms with Gasteiger partial charge in [-0.1, -0.05) is 17.7 Å². The lowest BCUT2D eigenvalue weighted by molar-refractivity contribution is -0.146. The van der Waals surface area contributed by atoms with E-state index >= 15 is 0 Å². The van der Waals surface area contributed by atoms with Crippen molar-refractivity contribution in [3.8, 4) is 0 Å². The predicted molar refractivity (Wildman–Crippen MR) is 79.2 cm³/mol. The van der Waals surface area contributed by atoms with Gasteiger partial charge in [0.15, 0.2) is 0 Å². The summed E-state index contributed by atoms with van der Waals surface area (Å²) in [7, 11) is 0. The molecule has 1 aliphatic carbocycles. The largest absolute Gasteiger partial charge is 0.481 e. The van der Waals surface area contributed by atoms with Crippen molar-refractivity contribution in [3.05, 3.63) is 34.6 Å². The second-order valence-electron chi connectivity index (χ2n) is 6.05. The number of carboxylic acids is 1. The standard InChI is InChI=1S/C16H17ClFNO3/c17-12-4-1-5-13(18)14(12)10-7-11(10)15(20)19-6-2-3-9(8-19)16(21)22/h1,4-5,9-11H,2-3,6-8H2,(H,21,22)/t9-,10-,11+/m0/s1. The van der Waals surface area contributed by atoms with Crippen molar-refractivity contribution in [3.63, 3.8) is 0 Å². The summed E-state index contributed by atoms with van der Waals surface area (Å²) in [6.07, 6.45) is 1.88. The third-order valence-corrected chi connectivity index (χ3v) is 4.89. The number of hydrogen-bond donors (Lipinski definition) is 1. The molecule has 0 radical (unpaired) electrons. The molecule has 1 aromatic carbocycles. The number of hydrogen-bond acceptors (Lipinski definition) is 2. The minimum Gasteiger partial charge on any atom is -0.481 e. The molecule has 3 rings (SSSR count). The van der Waals surface area contributed by atoms with Crippen LogP contribution in [0.1, 0.15) is 30.7 Å². The van der Waals surface area contributed by atoms with Crippen LogP contribution in [0, 0.1) is 17.7 Å². The fourth-order valence-electron chi connectivity index (χ4n) is 3.27. The van der Waals surface area contributed by atoms with Crippen LogP contribution in [0.25, 0.3) is 0 Å². The maximum absolute atomic E-state index is 13.9. The molecule has 6 heteroatoms. The van der Waals surface area contributed by atoms with Crippen molar-refractivity contribution < 1.29 is 19.1 Å². The number of carbonyl (C=O) groups is 2. The third-order valence-electron chi connectivity index (χ3n) is 4.56. The number of benzene rings is 1. The van der Waals surface area contributed by atoms with E-state index in [1.165, 1.54) is 6.07 Å². The molecule has 1 amide bonds. The Labute approximate surface area is 132 Å². The van der Waals surface area contributed by atoms with Gasteiger partial charge in [0.2, 0.25) is 5.91 Å². The second-order valence-corrected chi connectivity index (χ2v) is 6.45. The van der Waals surface area contributed by atoms with Gasteiger partial charge in [-0.3, -0.25) is 9.59 Å². The van der Waals surface area contributed by atoms with Crippen molar-refractivity contribution in [2.75, 3.05) is 13.1 Å². The number of rotatable bonds is 3. The first-order valence-electron chi connectivity index (χ1n) is 7.44. The predicted octanol–water partition coefficient (Wildman–Crippen LogP) is 2.91. The Morgan fingerprint density at radius 3 is 2.82 bits per heavy atom. The zero-order chi connectivity index (χ0) is 15.9. The number of carboxylic acid groups (broad SMARTS) is 1. The van der Waals surface area contributed by atoms with Crippen LogP contribution in [-0.2, 0) is 9.59 Å². The first-order valence-corrected chi connectivity index (χ1v) is 7.82. The van der Waals surface area contributed by atoms with Gasteiger partial charge in [-0.25, -0.2) is 4.39 Å². The molecule has 1 saturated heterocycles. The maximum atomic E-state index is 13.9. The van der Waals surface area contributed by atoms with Crippen molar-refractivity contribution in [1.29, 1.82) is 0 Å². The fourth-order valence-corrected chi connectivity index (χ4v) is 3.57. The smallest absolute Gasteiger partial charge is 0.308 e. The molecule has 1 aliphatic heterocycles. The van der Waals surface area contributed by atoms with E-state index in [1.807, 2.05) is 0 Å². The van der Waals surface area contributed by atoms with Crippen molar-refractivity contribution in [2.24, 2.45) is 11.8 Å². The first-order chi connectivity index (χ1) is 10.5. The fraction of sp³-hybridized carbons (Fsp3) is 0.500. The second kappa shape index (κ2) is 5.88. The molecule has 1 N–H and O–H groups in total. The lowest BCUT2D eigenvalue weighted by Gasteiger charge is -2.31. The summed E-state index contributed by atoms with van der Waals surface area (Å²) in [6, 6.07) is 4.52. The van der Waals surface area contributed by atoms with Gasteiger partial charge < -0.3 is 10.0 Å². The Morgan fingerprint density at radius 2 is 2.14 bits per heavy atom. The summed E-state index contributed by atoms with van der Waals surface area (Å²) < 4.78 is 13.9. The zero-order valence-electron chi connectivity index (χ0n) is 12.0. The molecule has 2 aliphatic rings. The van der Waals surface area contributed by atoms with Crippen LogP contribution in [0.3, 0.4) is 0 Å². The summed E-state index contributed by atoms with van der Waals surface area (Å²) in [5, 5.41) is 9.44. The molecule has 1 heterocycles. The maximum Gasteiger partial charge on any atom is 0.308 e. The number of halogens is 2. The molecule has 118 valence electrons. The Kier molecular flexibility index (Phi) is 4.08. The molecule has 3 atom stereocenters. The van der Waals surface area contributed by atoms with Gasteiger partial charge in [0.1, 0.15) is 5.82 Å². The average Bonchev–Trinajstić information content (AvgIpc) is 3.26. The Hall–Kier alpha value is -1.62. The average molecular weight is 326 g/mol. The van der Waals surface area contributed by atoms with Crippen LogP contribution in [0.15, 0.2) is 18.2 Å². The summed E-state index contributed by atoms with van der Waals surface area (Å²) >= 11 is 6.04. The van der Waals surface area contributed by atoms with E-state index in [1.54, 1.807) is 17.0 Å². The molecule has 1 aromatic rings. The highest BCUT2D eigenvalue weighted by Crippen LogP contribution is 2.51. The Bertz CT molecular complexity index is 601. The number of amides is 1.